The van der Waals surface area contributed by atoms with Gasteiger partial charge in [0.05, 0.1) is 18.2 Å². The first-order valence-corrected chi connectivity index (χ1v) is 12.1. The van der Waals surface area contributed by atoms with Gasteiger partial charge in [0.1, 0.15) is 17.1 Å². The van der Waals surface area contributed by atoms with Gasteiger partial charge in [0, 0.05) is 22.9 Å². The summed E-state index contributed by atoms with van der Waals surface area (Å²) in [7, 11) is 1.57. The number of nitrogens with zero attached hydrogens (tertiary/aromatic N) is 2. The molecule has 1 aliphatic rings. The minimum Gasteiger partial charge on any atom is -0.497 e. The summed E-state index contributed by atoms with van der Waals surface area (Å²) in [5.41, 5.74) is 6.96. The minimum absolute atomic E-state index is 0.110. The highest BCUT2D eigenvalue weighted by Crippen LogP contribution is 2.28. The van der Waals surface area contributed by atoms with E-state index in [1.165, 1.54) is 36.5 Å². The molecule has 5 aromatic rings. The Bertz CT molecular complexity index is 1610. The summed E-state index contributed by atoms with van der Waals surface area (Å²) in [6.07, 6.45) is 4.85. The second kappa shape index (κ2) is 9.30. The molecule has 0 spiro atoms. The van der Waals surface area contributed by atoms with Gasteiger partial charge in [-0.15, -0.1) is 10.2 Å². The van der Waals surface area contributed by atoms with Crippen LogP contribution >= 0.6 is 0 Å². The van der Waals surface area contributed by atoms with Crippen molar-refractivity contribution in [3.05, 3.63) is 100 Å². The van der Waals surface area contributed by atoms with Crippen molar-refractivity contribution in [1.29, 1.82) is 0 Å². The van der Waals surface area contributed by atoms with E-state index in [0.29, 0.717) is 28.3 Å². The molecule has 0 amide bonds. The highest BCUT2D eigenvalue weighted by molar-refractivity contribution is 5.80. The molecule has 2 aromatic heterocycles. The maximum absolute atomic E-state index is 12.6. The standard InChI is InChI=1S/C30H25N3O3/c1-35-24-12-14-28-25(17-24)27(34)18-29(36-28)20-8-10-23(11-9-20)31-30-15-13-26(32-33-30)22-7-6-19-4-2-3-5-21(19)16-22/h6-18H,2-5H2,1H3,(H,31,33). The molecule has 0 unspecified atom stereocenters. The number of aryl methyl sites for hydroxylation is 2. The highest BCUT2D eigenvalue weighted by atomic mass is 16.5. The first-order chi connectivity index (χ1) is 17.7. The summed E-state index contributed by atoms with van der Waals surface area (Å²) < 4.78 is 11.2. The summed E-state index contributed by atoms with van der Waals surface area (Å²) in [5.74, 6) is 1.80. The largest absolute Gasteiger partial charge is 0.497 e. The van der Waals surface area contributed by atoms with Crippen molar-refractivity contribution in [3.8, 4) is 28.3 Å². The average Bonchev–Trinajstić information content (AvgIpc) is 2.93. The molecule has 6 nitrogen and oxygen atoms in total. The Balaban J connectivity index is 1.19. The number of fused-ring (bicyclic) bond motifs is 2. The van der Waals surface area contributed by atoms with Crippen molar-refractivity contribution in [2.45, 2.75) is 25.7 Å². The third-order valence-corrected chi connectivity index (χ3v) is 6.68. The highest BCUT2D eigenvalue weighted by Gasteiger charge is 2.12. The van der Waals surface area contributed by atoms with Crippen LogP contribution < -0.4 is 15.5 Å². The summed E-state index contributed by atoms with van der Waals surface area (Å²) in [5, 5.41) is 12.6. The molecule has 0 aliphatic heterocycles. The van der Waals surface area contributed by atoms with E-state index in [-0.39, 0.29) is 5.43 Å². The molecular formula is C30H25N3O3. The molecule has 0 fully saturated rings. The van der Waals surface area contributed by atoms with E-state index < -0.39 is 0 Å². The van der Waals surface area contributed by atoms with Crippen LogP contribution in [0.4, 0.5) is 11.5 Å². The van der Waals surface area contributed by atoms with E-state index >= 15 is 0 Å². The van der Waals surface area contributed by atoms with Crippen LogP contribution in [-0.2, 0) is 12.8 Å². The lowest BCUT2D eigenvalue weighted by atomic mass is 9.90. The molecule has 0 bridgehead atoms. The number of nitrogens with one attached hydrogen (secondary N) is 1. The zero-order chi connectivity index (χ0) is 24.5. The molecular weight excluding hydrogens is 450 g/mol. The predicted octanol–water partition coefficient (Wildman–Crippen LogP) is 6.55. The molecule has 6 heteroatoms. The van der Waals surface area contributed by atoms with Gasteiger partial charge in [0.2, 0.25) is 0 Å². The van der Waals surface area contributed by atoms with E-state index in [2.05, 4.69) is 33.7 Å². The van der Waals surface area contributed by atoms with E-state index in [1.54, 1.807) is 25.3 Å². The van der Waals surface area contributed by atoms with Crippen LogP contribution in [0.5, 0.6) is 5.75 Å². The lowest BCUT2D eigenvalue weighted by Crippen LogP contribution is -2.03. The molecule has 36 heavy (non-hydrogen) atoms. The van der Waals surface area contributed by atoms with Crippen LogP contribution in [0.15, 0.2) is 88.1 Å². The third kappa shape index (κ3) is 4.33. The number of aromatic nitrogens is 2. The van der Waals surface area contributed by atoms with Gasteiger partial charge in [0.25, 0.3) is 0 Å². The van der Waals surface area contributed by atoms with Crippen molar-refractivity contribution < 1.29 is 9.15 Å². The normalized spacial score (nSPS) is 12.8. The van der Waals surface area contributed by atoms with Crippen molar-refractivity contribution in [2.75, 3.05) is 12.4 Å². The Hall–Kier alpha value is -4.45. The zero-order valence-corrected chi connectivity index (χ0v) is 20.0. The average molecular weight is 476 g/mol. The van der Waals surface area contributed by atoms with Gasteiger partial charge in [-0.3, -0.25) is 4.79 Å². The van der Waals surface area contributed by atoms with Gasteiger partial charge in [-0.05, 0) is 97.5 Å². The number of ether oxygens (including phenoxy) is 1. The topological polar surface area (TPSA) is 77.2 Å². The summed E-state index contributed by atoms with van der Waals surface area (Å²) in [4.78, 5) is 12.6. The first-order valence-electron chi connectivity index (χ1n) is 12.1. The second-order valence-electron chi connectivity index (χ2n) is 9.03. The first kappa shape index (κ1) is 22.0. The van der Waals surface area contributed by atoms with Gasteiger partial charge >= 0.3 is 0 Å². The molecule has 6 rings (SSSR count). The smallest absolute Gasteiger partial charge is 0.193 e. The monoisotopic (exact) mass is 475 g/mol. The molecule has 0 saturated carbocycles. The van der Waals surface area contributed by atoms with E-state index in [9.17, 15) is 4.79 Å². The van der Waals surface area contributed by atoms with Crippen LogP contribution in [0.3, 0.4) is 0 Å². The van der Waals surface area contributed by atoms with Crippen molar-refractivity contribution >= 4 is 22.5 Å². The Morgan fingerprint density at radius 2 is 1.61 bits per heavy atom. The number of benzene rings is 3. The van der Waals surface area contributed by atoms with Gasteiger partial charge in [-0.1, -0.05) is 12.1 Å². The van der Waals surface area contributed by atoms with Gasteiger partial charge in [0.15, 0.2) is 11.2 Å². The fraction of sp³-hybridized carbons (Fsp3) is 0.167. The van der Waals surface area contributed by atoms with E-state index in [1.807, 2.05) is 36.4 Å². The number of rotatable bonds is 5. The zero-order valence-electron chi connectivity index (χ0n) is 20.0. The number of hydrogen-bond donors (Lipinski definition) is 1. The molecule has 3 aromatic carbocycles. The Kier molecular flexibility index (Phi) is 5.70. The summed E-state index contributed by atoms with van der Waals surface area (Å²) in [6.45, 7) is 0. The van der Waals surface area contributed by atoms with Crippen LogP contribution in [0.25, 0.3) is 33.6 Å². The lowest BCUT2D eigenvalue weighted by molar-refractivity contribution is 0.415. The van der Waals surface area contributed by atoms with Crippen LogP contribution in [0.1, 0.15) is 24.0 Å². The van der Waals surface area contributed by atoms with Crippen molar-refractivity contribution in [1.82, 2.24) is 10.2 Å². The Morgan fingerprint density at radius 1 is 0.806 bits per heavy atom. The number of methoxy groups -OCH3 is 1. The quantitative estimate of drug-likeness (QED) is 0.311. The molecule has 0 radical (unpaired) electrons. The molecule has 2 heterocycles. The van der Waals surface area contributed by atoms with Crippen molar-refractivity contribution in [2.24, 2.45) is 0 Å². The Labute approximate surface area is 208 Å². The van der Waals surface area contributed by atoms with Crippen molar-refractivity contribution in [3.63, 3.8) is 0 Å². The number of anilines is 2. The molecule has 0 atom stereocenters. The maximum atomic E-state index is 12.6. The van der Waals surface area contributed by atoms with E-state index in [0.717, 1.165) is 28.9 Å². The fourth-order valence-electron chi connectivity index (χ4n) is 4.72. The van der Waals surface area contributed by atoms with E-state index in [4.69, 9.17) is 9.15 Å². The minimum atomic E-state index is -0.110. The van der Waals surface area contributed by atoms with Gasteiger partial charge < -0.3 is 14.5 Å². The molecule has 1 aliphatic carbocycles. The molecule has 1 N–H and O–H groups in total. The van der Waals surface area contributed by atoms with Crippen LogP contribution in [0, 0.1) is 0 Å². The van der Waals surface area contributed by atoms with Crippen LogP contribution in [0.2, 0.25) is 0 Å². The third-order valence-electron chi connectivity index (χ3n) is 6.68. The van der Waals surface area contributed by atoms with Gasteiger partial charge in [-0.25, -0.2) is 0 Å². The number of hydrogen-bond acceptors (Lipinski definition) is 6. The predicted molar refractivity (Wildman–Crippen MR) is 142 cm³/mol. The summed E-state index contributed by atoms with van der Waals surface area (Å²) >= 11 is 0. The van der Waals surface area contributed by atoms with Crippen LogP contribution in [-0.4, -0.2) is 17.3 Å². The van der Waals surface area contributed by atoms with Gasteiger partial charge in [-0.2, -0.15) is 0 Å². The molecule has 0 saturated heterocycles. The maximum Gasteiger partial charge on any atom is 0.193 e. The fourth-order valence-corrected chi connectivity index (χ4v) is 4.72. The Morgan fingerprint density at radius 3 is 2.39 bits per heavy atom. The lowest BCUT2D eigenvalue weighted by Gasteiger charge is -2.16. The second-order valence-corrected chi connectivity index (χ2v) is 9.03. The molecule has 178 valence electrons. The SMILES string of the molecule is COc1ccc2oc(-c3ccc(Nc4ccc(-c5ccc6c(c5)CCCC6)nn4)cc3)cc(=O)c2c1. The summed E-state index contributed by atoms with van der Waals surface area (Å²) in [6, 6.07) is 24.9.